The molecule has 1 aliphatic heterocycles. The zero-order valence-corrected chi connectivity index (χ0v) is 17.1. The Bertz CT molecular complexity index is 965. The number of benzene rings is 1. The molecule has 1 aromatic heterocycles. The van der Waals surface area contributed by atoms with Gasteiger partial charge in [0, 0.05) is 43.4 Å². The number of aromatic nitrogens is 1. The Morgan fingerprint density at radius 2 is 2.07 bits per heavy atom. The number of carbonyl (C=O) groups is 2. The predicted octanol–water partition coefficient (Wildman–Crippen LogP) is 3.22. The van der Waals surface area contributed by atoms with E-state index in [-0.39, 0.29) is 25.1 Å². The van der Waals surface area contributed by atoms with Crippen LogP contribution in [0.5, 0.6) is 0 Å². The molecule has 1 aliphatic carbocycles. The molecule has 0 spiro atoms. The first-order valence-electron chi connectivity index (χ1n) is 9.88. The summed E-state index contributed by atoms with van der Waals surface area (Å²) in [4.78, 5) is 32.3. The first kappa shape index (κ1) is 19.9. The fourth-order valence-electron chi connectivity index (χ4n) is 4.31. The van der Waals surface area contributed by atoms with Gasteiger partial charge in [0.25, 0.3) is 5.91 Å². The Balaban J connectivity index is 1.61. The third-order valence-electron chi connectivity index (χ3n) is 5.81. The van der Waals surface area contributed by atoms with Crippen LogP contribution in [0, 0.1) is 0 Å². The quantitative estimate of drug-likeness (QED) is 0.829. The van der Waals surface area contributed by atoms with Gasteiger partial charge in [-0.1, -0.05) is 17.7 Å². The Labute approximate surface area is 174 Å². The minimum Gasteiger partial charge on any atom is -0.465 e. The molecule has 0 radical (unpaired) electrons. The Hall–Kier alpha value is -2.38. The van der Waals surface area contributed by atoms with E-state index in [4.69, 9.17) is 21.3 Å². The molecule has 1 N–H and O–H groups in total. The molecule has 2 amide bonds. The average molecular weight is 418 g/mol. The van der Waals surface area contributed by atoms with Gasteiger partial charge in [0.05, 0.1) is 23.2 Å². The Morgan fingerprint density at radius 1 is 1.28 bits per heavy atom. The highest BCUT2D eigenvalue weighted by Crippen LogP contribution is 2.33. The van der Waals surface area contributed by atoms with E-state index in [1.165, 1.54) is 12.0 Å². The molecule has 1 unspecified atom stereocenters. The van der Waals surface area contributed by atoms with Crippen molar-refractivity contribution in [3.05, 3.63) is 40.0 Å². The number of nitrogens with zero attached hydrogens (tertiary/aromatic N) is 3. The summed E-state index contributed by atoms with van der Waals surface area (Å²) < 4.78 is 5.15. The molecule has 0 bridgehead atoms. The van der Waals surface area contributed by atoms with E-state index in [1.54, 1.807) is 17.0 Å². The van der Waals surface area contributed by atoms with Crippen LogP contribution in [0.15, 0.2) is 18.2 Å². The number of hydrogen-bond acceptors (Lipinski definition) is 4. The van der Waals surface area contributed by atoms with Gasteiger partial charge in [-0.3, -0.25) is 14.7 Å². The van der Waals surface area contributed by atoms with Crippen molar-refractivity contribution in [2.75, 3.05) is 33.4 Å². The van der Waals surface area contributed by atoms with Gasteiger partial charge in [-0.2, -0.15) is 0 Å². The van der Waals surface area contributed by atoms with Crippen molar-refractivity contribution >= 4 is 34.5 Å². The third-order valence-corrected chi connectivity index (χ3v) is 6.25. The zero-order valence-electron chi connectivity index (χ0n) is 16.4. The van der Waals surface area contributed by atoms with Crippen molar-refractivity contribution in [3.8, 4) is 0 Å². The fourth-order valence-corrected chi connectivity index (χ4v) is 4.67. The first-order chi connectivity index (χ1) is 14.0. The molecule has 2 heterocycles. The molecule has 4 rings (SSSR count). The smallest absolute Gasteiger partial charge is 0.407 e. The molecular weight excluding hydrogens is 394 g/mol. The fraction of sp³-hybridized carbons (Fsp3) is 0.476. The van der Waals surface area contributed by atoms with Gasteiger partial charge in [0.15, 0.2) is 0 Å². The van der Waals surface area contributed by atoms with Crippen LogP contribution in [-0.4, -0.2) is 71.3 Å². The van der Waals surface area contributed by atoms with E-state index in [9.17, 15) is 14.7 Å². The maximum atomic E-state index is 13.1. The number of piperazine rings is 1. The normalized spacial score (nSPS) is 19.3. The largest absolute Gasteiger partial charge is 0.465 e. The molecular formula is C21H24ClN3O4. The lowest BCUT2D eigenvalue weighted by molar-refractivity contribution is 0.0254. The van der Waals surface area contributed by atoms with Gasteiger partial charge in [-0.15, -0.1) is 0 Å². The number of rotatable bonds is 3. The van der Waals surface area contributed by atoms with Crippen molar-refractivity contribution in [1.82, 2.24) is 14.8 Å². The van der Waals surface area contributed by atoms with Crippen molar-refractivity contribution < 1.29 is 19.4 Å². The summed E-state index contributed by atoms with van der Waals surface area (Å²) >= 11 is 6.63. The molecule has 7 nitrogen and oxygen atoms in total. The summed E-state index contributed by atoms with van der Waals surface area (Å²) in [6, 6.07) is 5.07. The zero-order chi connectivity index (χ0) is 20.5. The lowest BCUT2D eigenvalue weighted by Crippen LogP contribution is -2.57. The molecule has 1 saturated heterocycles. The van der Waals surface area contributed by atoms with E-state index in [0.717, 1.165) is 52.9 Å². The van der Waals surface area contributed by atoms with E-state index < -0.39 is 6.09 Å². The third kappa shape index (κ3) is 3.76. The summed E-state index contributed by atoms with van der Waals surface area (Å²) in [6.45, 7) is 1.16. The molecule has 2 aromatic rings. The average Bonchev–Trinajstić information content (AvgIpc) is 2.73. The van der Waals surface area contributed by atoms with Crippen LogP contribution >= 0.6 is 11.6 Å². The van der Waals surface area contributed by atoms with Crippen molar-refractivity contribution in [3.63, 3.8) is 0 Å². The number of carbonyl (C=O) groups excluding carboxylic acids is 1. The van der Waals surface area contributed by atoms with Gasteiger partial charge in [-0.05, 0) is 43.4 Å². The molecule has 1 atom stereocenters. The van der Waals surface area contributed by atoms with E-state index in [0.29, 0.717) is 18.7 Å². The van der Waals surface area contributed by atoms with Crippen LogP contribution in [0.2, 0.25) is 5.02 Å². The van der Waals surface area contributed by atoms with Gasteiger partial charge < -0.3 is 14.7 Å². The second-order valence-corrected chi connectivity index (χ2v) is 8.00. The Morgan fingerprint density at radius 3 is 2.83 bits per heavy atom. The van der Waals surface area contributed by atoms with Crippen molar-refractivity contribution in [2.24, 2.45) is 0 Å². The van der Waals surface area contributed by atoms with Gasteiger partial charge in [0.2, 0.25) is 0 Å². The predicted molar refractivity (Wildman–Crippen MR) is 110 cm³/mol. The SMILES string of the molecule is COCC1CN(C(=O)c2ccc3c(Cl)c4c(nc3c2)CCCC4)CCN1C(=O)O. The summed E-state index contributed by atoms with van der Waals surface area (Å²) in [5.74, 6) is -0.131. The molecule has 0 saturated carbocycles. The van der Waals surface area contributed by atoms with Crippen LogP contribution < -0.4 is 0 Å². The Kier molecular flexibility index (Phi) is 5.61. The van der Waals surface area contributed by atoms with Crippen LogP contribution in [0.4, 0.5) is 4.79 Å². The highest BCUT2D eigenvalue weighted by molar-refractivity contribution is 6.36. The number of fused-ring (bicyclic) bond motifs is 2. The standard InChI is InChI=1S/C21H24ClN3O4/c1-29-12-14-11-24(8-9-25(14)21(27)28)20(26)13-6-7-16-18(10-13)23-17-5-3-2-4-15(17)19(16)22/h6-7,10,14H,2-5,8-9,11-12H2,1H3,(H,27,28). The lowest BCUT2D eigenvalue weighted by Gasteiger charge is -2.39. The second-order valence-electron chi connectivity index (χ2n) is 7.63. The number of pyridine rings is 1. The maximum Gasteiger partial charge on any atom is 0.407 e. The highest BCUT2D eigenvalue weighted by Gasteiger charge is 2.33. The summed E-state index contributed by atoms with van der Waals surface area (Å²) in [6.07, 6.45) is 3.11. The lowest BCUT2D eigenvalue weighted by atomic mass is 9.94. The summed E-state index contributed by atoms with van der Waals surface area (Å²) in [7, 11) is 1.53. The van der Waals surface area contributed by atoms with E-state index >= 15 is 0 Å². The van der Waals surface area contributed by atoms with Crippen LogP contribution in [0.3, 0.4) is 0 Å². The number of ether oxygens (including phenoxy) is 1. The highest BCUT2D eigenvalue weighted by atomic mass is 35.5. The van der Waals surface area contributed by atoms with Crippen LogP contribution in [-0.2, 0) is 17.6 Å². The topological polar surface area (TPSA) is 83.0 Å². The van der Waals surface area contributed by atoms with Gasteiger partial charge in [-0.25, -0.2) is 4.79 Å². The number of carboxylic acid groups (broad SMARTS) is 1. The number of amides is 2. The monoisotopic (exact) mass is 417 g/mol. The van der Waals surface area contributed by atoms with E-state index in [2.05, 4.69) is 0 Å². The summed E-state index contributed by atoms with van der Waals surface area (Å²) in [5.41, 5.74) is 3.45. The molecule has 1 fully saturated rings. The van der Waals surface area contributed by atoms with Crippen molar-refractivity contribution in [2.45, 2.75) is 31.7 Å². The minimum atomic E-state index is -0.992. The molecule has 2 aliphatic rings. The maximum absolute atomic E-state index is 13.1. The molecule has 29 heavy (non-hydrogen) atoms. The van der Waals surface area contributed by atoms with Gasteiger partial charge in [0.1, 0.15) is 0 Å². The second kappa shape index (κ2) is 8.16. The number of methoxy groups -OCH3 is 1. The number of aryl methyl sites for hydroxylation is 1. The summed E-state index contributed by atoms with van der Waals surface area (Å²) in [5, 5.41) is 11.0. The van der Waals surface area contributed by atoms with Crippen molar-refractivity contribution in [1.29, 1.82) is 0 Å². The van der Waals surface area contributed by atoms with Crippen LogP contribution in [0.25, 0.3) is 10.9 Å². The van der Waals surface area contributed by atoms with E-state index in [1.807, 2.05) is 6.07 Å². The molecule has 1 aromatic carbocycles. The minimum absolute atomic E-state index is 0.131. The molecule has 8 heteroatoms. The molecule has 154 valence electrons. The number of halogens is 1. The van der Waals surface area contributed by atoms with Crippen LogP contribution in [0.1, 0.15) is 34.5 Å². The first-order valence-corrected chi connectivity index (χ1v) is 10.3. The number of hydrogen-bond donors (Lipinski definition) is 1. The van der Waals surface area contributed by atoms with Gasteiger partial charge >= 0.3 is 6.09 Å².